The molecule has 6 heteroatoms. The maximum absolute atomic E-state index is 11.2. The number of hydrogen-bond acceptors (Lipinski definition) is 4. The van der Waals surface area contributed by atoms with Crippen LogP contribution in [0.5, 0.6) is 0 Å². The molecular formula is C8H9ClN4O. The molecule has 0 unspecified atom stereocenters. The van der Waals surface area contributed by atoms with Crippen molar-refractivity contribution < 1.29 is 4.79 Å². The second-order valence-corrected chi connectivity index (χ2v) is 3.50. The number of aromatic nitrogens is 2. The second kappa shape index (κ2) is 3.79. The van der Waals surface area contributed by atoms with Crippen molar-refractivity contribution in [3.8, 4) is 0 Å². The van der Waals surface area contributed by atoms with E-state index in [-0.39, 0.29) is 11.8 Å². The topological polar surface area (TPSA) is 66.9 Å². The molecule has 0 aromatic carbocycles. The summed E-state index contributed by atoms with van der Waals surface area (Å²) in [6, 6.07) is 0. The highest BCUT2D eigenvalue weighted by atomic mass is 35.5. The first-order valence-electron chi connectivity index (χ1n) is 4.29. The summed E-state index contributed by atoms with van der Waals surface area (Å²) in [7, 11) is 0. The maximum atomic E-state index is 11.2. The molecule has 0 atom stereocenters. The van der Waals surface area contributed by atoms with Crippen molar-refractivity contribution in [1.29, 1.82) is 0 Å². The van der Waals surface area contributed by atoms with E-state index in [2.05, 4.69) is 20.8 Å². The van der Waals surface area contributed by atoms with Gasteiger partial charge >= 0.3 is 0 Å². The van der Waals surface area contributed by atoms with Crippen molar-refractivity contribution in [1.82, 2.24) is 15.4 Å². The third-order valence-electron chi connectivity index (χ3n) is 1.88. The first-order valence-corrected chi connectivity index (χ1v) is 4.67. The summed E-state index contributed by atoms with van der Waals surface area (Å²) in [5, 5.41) is 0.323. The van der Waals surface area contributed by atoms with E-state index >= 15 is 0 Å². The smallest absolute Gasteiger partial charge is 0.241 e. The monoisotopic (exact) mass is 212 g/mol. The lowest BCUT2D eigenvalue weighted by Crippen LogP contribution is -2.30. The number of carbonyl (C=O) groups excluding carboxylic acids is 1. The Labute approximate surface area is 85.9 Å². The molecule has 0 radical (unpaired) electrons. The molecule has 5 nitrogen and oxygen atoms in total. The summed E-state index contributed by atoms with van der Waals surface area (Å²) in [6.45, 7) is 0. The number of hydrazine groups is 1. The molecule has 1 aliphatic rings. The highest BCUT2D eigenvalue weighted by molar-refractivity contribution is 6.29. The van der Waals surface area contributed by atoms with Gasteiger partial charge in [-0.25, -0.2) is 9.97 Å². The number of rotatable bonds is 3. The first-order chi connectivity index (χ1) is 6.75. The van der Waals surface area contributed by atoms with Crippen molar-refractivity contribution in [3.05, 3.63) is 17.5 Å². The van der Waals surface area contributed by atoms with Gasteiger partial charge in [0.2, 0.25) is 5.91 Å². The van der Waals surface area contributed by atoms with Crippen LogP contribution in [0.4, 0.5) is 5.82 Å². The predicted octanol–water partition coefficient (Wildman–Crippen LogP) is 0.983. The van der Waals surface area contributed by atoms with Gasteiger partial charge in [0, 0.05) is 5.92 Å². The van der Waals surface area contributed by atoms with Gasteiger partial charge in [-0.3, -0.25) is 15.6 Å². The highest BCUT2D eigenvalue weighted by Crippen LogP contribution is 2.28. The molecule has 74 valence electrons. The quantitative estimate of drug-likeness (QED) is 0.734. The van der Waals surface area contributed by atoms with Crippen LogP contribution in [-0.4, -0.2) is 15.9 Å². The lowest BCUT2D eigenvalue weighted by atomic mass is 10.4. The Balaban J connectivity index is 1.85. The van der Waals surface area contributed by atoms with Crippen molar-refractivity contribution in [3.63, 3.8) is 0 Å². The number of amides is 1. The fourth-order valence-electron chi connectivity index (χ4n) is 0.950. The van der Waals surface area contributed by atoms with Gasteiger partial charge in [-0.05, 0) is 12.8 Å². The van der Waals surface area contributed by atoms with E-state index in [0.717, 1.165) is 12.8 Å². The van der Waals surface area contributed by atoms with Gasteiger partial charge in [-0.1, -0.05) is 11.6 Å². The summed E-state index contributed by atoms with van der Waals surface area (Å²) >= 11 is 5.55. The third-order valence-corrected chi connectivity index (χ3v) is 2.08. The standard InChI is InChI=1S/C8H9ClN4O/c9-6-3-11-7(4-10-6)12-13-8(14)5-1-2-5/h3-5H,1-2H2,(H,11,12)(H,13,14). The van der Waals surface area contributed by atoms with Gasteiger partial charge in [-0.15, -0.1) is 0 Å². The van der Waals surface area contributed by atoms with Crippen LogP contribution in [0.1, 0.15) is 12.8 Å². The van der Waals surface area contributed by atoms with E-state index < -0.39 is 0 Å². The minimum atomic E-state index is 0.00162. The number of nitrogens with one attached hydrogen (secondary N) is 2. The molecule has 2 rings (SSSR count). The molecule has 0 bridgehead atoms. The average Bonchev–Trinajstić information content (AvgIpc) is 3.00. The molecule has 14 heavy (non-hydrogen) atoms. The molecule has 0 aliphatic heterocycles. The Morgan fingerprint density at radius 3 is 2.79 bits per heavy atom. The Bertz CT molecular complexity index is 336. The predicted molar refractivity (Wildman–Crippen MR) is 51.5 cm³/mol. The Kier molecular flexibility index (Phi) is 2.49. The van der Waals surface area contributed by atoms with Gasteiger partial charge < -0.3 is 0 Å². The van der Waals surface area contributed by atoms with Gasteiger partial charge in [0.05, 0.1) is 12.4 Å². The summed E-state index contributed by atoms with van der Waals surface area (Å²) < 4.78 is 0. The van der Waals surface area contributed by atoms with Gasteiger partial charge in [0.15, 0.2) is 5.82 Å². The lowest BCUT2D eigenvalue weighted by molar-refractivity contribution is -0.121. The number of carbonyl (C=O) groups is 1. The van der Waals surface area contributed by atoms with Crippen LogP contribution in [-0.2, 0) is 4.79 Å². The van der Waals surface area contributed by atoms with E-state index in [9.17, 15) is 4.79 Å². The summed E-state index contributed by atoms with van der Waals surface area (Å²) in [6.07, 6.45) is 4.81. The summed E-state index contributed by atoms with van der Waals surface area (Å²) in [5.74, 6) is 0.646. The molecule has 1 aromatic rings. The number of hydrogen-bond donors (Lipinski definition) is 2. The average molecular weight is 213 g/mol. The van der Waals surface area contributed by atoms with Crippen LogP contribution >= 0.6 is 11.6 Å². The van der Waals surface area contributed by atoms with Crippen LogP contribution in [0, 0.1) is 5.92 Å². The van der Waals surface area contributed by atoms with E-state index in [1.54, 1.807) is 0 Å². The molecule has 1 amide bonds. The second-order valence-electron chi connectivity index (χ2n) is 3.11. The van der Waals surface area contributed by atoms with Crippen LogP contribution in [0.15, 0.2) is 12.4 Å². The molecule has 0 spiro atoms. The number of nitrogens with zero attached hydrogens (tertiary/aromatic N) is 2. The van der Waals surface area contributed by atoms with Crippen molar-refractivity contribution >= 4 is 23.3 Å². The van der Waals surface area contributed by atoms with E-state index in [1.165, 1.54) is 12.4 Å². The molecule has 0 saturated heterocycles. The first kappa shape index (κ1) is 9.21. The van der Waals surface area contributed by atoms with Crippen LogP contribution < -0.4 is 10.9 Å². The normalized spacial score (nSPS) is 14.9. The van der Waals surface area contributed by atoms with E-state index in [4.69, 9.17) is 11.6 Å². The molecule has 1 fully saturated rings. The zero-order valence-electron chi connectivity index (χ0n) is 7.33. The lowest BCUT2D eigenvalue weighted by Gasteiger charge is -2.05. The molecule has 1 aromatic heterocycles. The molecule has 1 heterocycles. The van der Waals surface area contributed by atoms with E-state index in [1.807, 2.05) is 0 Å². The molecule has 1 aliphatic carbocycles. The highest BCUT2D eigenvalue weighted by Gasteiger charge is 2.29. The summed E-state index contributed by atoms with van der Waals surface area (Å²) in [4.78, 5) is 18.9. The minimum Gasteiger partial charge on any atom is -0.281 e. The minimum absolute atomic E-state index is 0.00162. The fraction of sp³-hybridized carbons (Fsp3) is 0.375. The van der Waals surface area contributed by atoms with Crippen molar-refractivity contribution in [2.45, 2.75) is 12.8 Å². The van der Waals surface area contributed by atoms with Crippen LogP contribution in [0.3, 0.4) is 0 Å². The Morgan fingerprint density at radius 2 is 2.21 bits per heavy atom. The van der Waals surface area contributed by atoms with Gasteiger partial charge in [0.25, 0.3) is 0 Å². The Morgan fingerprint density at radius 1 is 1.43 bits per heavy atom. The Hall–Kier alpha value is -1.36. The molecular weight excluding hydrogens is 204 g/mol. The fourth-order valence-corrected chi connectivity index (χ4v) is 1.05. The molecule has 1 saturated carbocycles. The number of anilines is 1. The van der Waals surface area contributed by atoms with Gasteiger partial charge in [0.1, 0.15) is 5.15 Å². The number of halogens is 1. The SMILES string of the molecule is O=C(NNc1cnc(Cl)cn1)C1CC1. The summed E-state index contributed by atoms with van der Waals surface area (Å²) in [5.41, 5.74) is 5.21. The van der Waals surface area contributed by atoms with Crippen molar-refractivity contribution in [2.24, 2.45) is 5.92 Å². The zero-order chi connectivity index (χ0) is 9.97. The van der Waals surface area contributed by atoms with Crippen LogP contribution in [0.2, 0.25) is 5.15 Å². The van der Waals surface area contributed by atoms with E-state index in [0.29, 0.717) is 11.0 Å². The molecule has 2 N–H and O–H groups in total. The van der Waals surface area contributed by atoms with Crippen molar-refractivity contribution in [2.75, 3.05) is 5.43 Å². The van der Waals surface area contributed by atoms with Crippen LogP contribution in [0.25, 0.3) is 0 Å². The zero-order valence-corrected chi connectivity index (χ0v) is 8.08. The largest absolute Gasteiger partial charge is 0.281 e. The van der Waals surface area contributed by atoms with Gasteiger partial charge in [-0.2, -0.15) is 0 Å². The third kappa shape index (κ3) is 2.32. The maximum Gasteiger partial charge on any atom is 0.241 e.